The van der Waals surface area contributed by atoms with Crippen molar-refractivity contribution in [3.05, 3.63) is 0 Å². The molecule has 0 aliphatic carbocycles. The van der Waals surface area contributed by atoms with Crippen LogP contribution in [0.2, 0.25) is 0 Å². The van der Waals surface area contributed by atoms with E-state index < -0.39 is 0 Å². The van der Waals surface area contributed by atoms with Gasteiger partial charge in [0, 0.05) is 20.0 Å². The number of carbonyl (C=O) groups is 1. The molecule has 1 unspecified atom stereocenters. The standard InChI is InChI=1S/C9H19NO3/c1-3-8(12)4-5-9(13)10(2)6-7-11/h8,11-12H,3-7H2,1-2H3. The molecule has 13 heavy (non-hydrogen) atoms. The van der Waals surface area contributed by atoms with Crippen LogP contribution in [0.5, 0.6) is 0 Å². The summed E-state index contributed by atoms with van der Waals surface area (Å²) < 4.78 is 0. The number of hydrogen-bond donors (Lipinski definition) is 2. The molecule has 0 aliphatic rings. The van der Waals surface area contributed by atoms with Crippen molar-refractivity contribution >= 4 is 5.91 Å². The second-order valence-corrected chi connectivity index (χ2v) is 3.14. The van der Waals surface area contributed by atoms with Crippen LogP contribution in [0.25, 0.3) is 0 Å². The lowest BCUT2D eigenvalue weighted by atomic mass is 10.1. The molecule has 0 saturated carbocycles. The Kier molecular flexibility index (Phi) is 6.54. The predicted molar refractivity (Wildman–Crippen MR) is 50.3 cm³/mol. The molecule has 0 bridgehead atoms. The molecular formula is C9H19NO3. The number of amides is 1. The van der Waals surface area contributed by atoms with Gasteiger partial charge in [-0.15, -0.1) is 0 Å². The molecule has 0 fully saturated rings. The van der Waals surface area contributed by atoms with Crippen molar-refractivity contribution in [2.75, 3.05) is 20.2 Å². The molecule has 0 aliphatic heterocycles. The van der Waals surface area contributed by atoms with Gasteiger partial charge in [-0.25, -0.2) is 0 Å². The van der Waals surface area contributed by atoms with E-state index in [9.17, 15) is 9.90 Å². The van der Waals surface area contributed by atoms with Gasteiger partial charge in [0.05, 0.1) is 12.7 Å². The smallest absolute Gasteiger partial charge is 0.222 e. The Balaban J connectivity index is 3.61. The third-order valence-corrected chi connectivity index (χ3v) is 2.02. The molecule has 0 heterocycles. The highest BCUT2D eigenvalue weighted by atomic mass is 16.3. The molecule has 0 aromatic carbocycles. The van der Waals surface area contributed by atoms with Crippen LogP contribution in [-0.4, -0.2) is 47.3 Å². The van der Waals surface area contributed by atoms with Crippen molar-refractivity contribution in [1.29, 1.82) is 0 Å². The summed E-state index contributed by atoms with van der Waals surface area (Å²) in [5.41, 5.74) is 0. The second-order valence-electron chi connectivity index (χ2n) is 3.14. The summed E-state index contributed by atoms with van der Waals surface area (Å²) in [5, 5.41) is 17.8. The molecular weight excluding hydrogens is 170 g/mol. The Bertz CT molecular complexity index is 150. The fourth-order valence-electron chi connectivity index (χ4n) is 0.960. The van der Waals surface area contributed by atoms with E-state index in [4.69, 9.17) is 5.11 Å². The van der Waals surface area contributed by atoms with Gasteiger partial charge in [-0.3, -0.25) is 4.79 Å². The summed E-state index contributed by atoms with van der Waals surface area (Å²) in [6.45, 7) is 2.23. The Morgan fingerprint density at radius 2 is 2.15 bits per heavy atom. The average Bonchev–Trinajstić information content (AvgIpc) is 2.13. The number of aliphatic hydroxyl groups is 2. The molecule has 0 radical (unpaired) electrons. The average molecular weight is 189 g/mol. The number of carbonyl (C=O) groups excluding carboxylic acids is 1. The quantitative estimate of drug-likeness (QED) is 0.617. The van der Waals surface area contributed by atoms with E-state index in [0.717, 1.165) is 0 Å². The zero-order valence-corrected chi connectivity index (χ0v) is 8.36. The van der Waals surface area contributed by atoms with Gasteiger partial charge in [0.1, 0.15) is 0 Å². The Morgan fingerprint density at radius 1 is 1.54 bits per heavy atom. The molecule has 0 rings (SSSR count). The zero-order valence-electron chi connectivity index (χ0n) is 8.36. The monoisotopic (exact) mass is 189 g/mol. The van der Waals surface area contributed by atoms with Crippen LogP contribution in [0, 0.1) is 0 Å². The topological polar surface area (TPSA) is 60.8 Å². The Hall–Kier alpha value is -0.610. The van der Waals surface area contributed by atoms with Gasteiger partial charge >= 0.3 is 0 Å². The number of hydrogen-bond acceptors (Lipinski definition) is 3. The third-order valence-electron chi connectivity index (χ3n) is 2.02. The fourth-order valence-corrected chi connectivity index (χ4v) is 0.960. The first-order valence-corrected chi connectivity index (χ1v) is 4.64. The highest BCUT2D eigenvalue weighted by molar-refractivity contribution is 5.75. The molecule has 1 amide bonds. The van der Waals surface area contributed by atoms with Gasteiger partial charge in [-0.1, -0.05) is 6.92 Å². The van der Waals surface area contributed by atoms with Crippen LogP contribution in [-0.2, 0) is 4.79 Å². The van der Waals surface area contributed by atoms with E-state index in [1.165, 1.54) is 4.90 Å². The highest BCUT2D eigenvalue weighted by Gasteiger charge is 2.09. The largest absolute Gasteiger partial charge is 0.395 e. The Labute approximate surface area is 79.2 Å². The third kappa shape index (κ3) is 5.60. The van der Waals surface area contributed by atoms with Crippen LogP contribution in [0.4, 0.5) is 0 Å². The minimum Gasteiger partial charge on any atom is -0.395 e. The van der Waals surface area contributed by atoms with E-state index in [0.29, 0.717) is 25.8 Å². The number of aliphatic hydroxyl groups excluding tert-OH is 2. The van der Waals surface area contributed by atoms with Crippen molar-refractivity contribution in [3.63, 3.8) is 0 Å². The maximum absolute atomic E-state index is 11.3. The van der Waals surface area contributed by atoms with Crippen LogP contribution >= 0.6 is 0 Å². The first-order valence-electron chi connectivity index (χ1n) is 4.64. The Morgan fingerprint density at radius 3 is 2.62 bits per heavy atom. The van der Waals surface area contributed by atoms with Crippen molar-refractivity contribution in [3.8, 4) is 0 Å². The molecule has 78 valence electrons. The van der Waals surface area contributed by atoms with Gasteiger partial charge in [-0.05, 0) is 12.8 Å². The summed E-state index contributed by atoms with van der Waals surface area (Å²) in [6.07, 6.45) is 1.15. The molecule has 0 saturated heterocycles. The van der Waals surface area contributed by atoms with Gasteiger partial charge in [0.2, 0.25) is 5.91 Å². The first kappa shape index (κ1) is 12.4. The minimum absolute atomic E-state index is 0.0153. The van der Waals surface area contributed by atoms with Crippen LogP contribution in [0.3, 0.4) is 0 Å². The normalized spacial score (nSPS) is 12.6. The summed E-state index contributed by atoms with van der Waals surface area (Å²) in [6, 6.07) is 0. The lowest BCUT2D eigenvalue weighted by Crippen LogP contribution is -2.29. The van der Waals surface area contributed by atoms with Crippen molar-refractivity contribution in [2.24, 2.45) is 0 Å². The summed E-state index contributed by atoms with van der Waals surface area (Å²) >= 11 is 0. The van der Waals surface area contributed by atoms with Gasteiger partial charge in [0.15, 0.2) is 0 Å². The van der Waals surface area contributed by atoms with Crippen LogP contribution in [0.15, 0.2) is 0 Å². The summed E-state index contributed by atoms with van der Waals surface area (Å²) in [4.78, 5) is 12.7. The zero-order chi connectivity index (χ0) is 10.3. The molecule has 0 spiro atoms. The SMILES string of the molecule is CCC(O)CCC(=O)N(C)CCO. The maximum atomic E-state index is 11.3. The van der Waals surface area contributed by atoms with Crippen LogP contribution in [0.1, 0.15) is 26.2 Å². The molecule has 2 N–H and O–H groups in total. The van der Waals surface area contributed by atoms with E-state index in [2.05, 4.69) is 0 Å². The first-order chi connectivity index (χ1) is 6.11. The van der Waals surface area contributed by atoms with E-state index >= 15 is 0 Å². The van der Waals surface area contributed by atoms with Gasteiger partial charge in [0.25, 0.3) is 0 Å². The van der Waals surface area contributed by atoms with Gasteiger partial charge in [-0.2, -0.15) is 0 Å². The number of rotatable bonds is 6. The van der Waals surface area contributed by atoms with E-state index in [-0.39, 0.29) is 18.6 Å². The van der Waals surface area contributed by atoms with Gasteiger partial charge < -0.3 is 15.1 Å². The van der Waals surface area contributed by atoms with Crippen molar-refractivity contribution in [1.82, 2.24) is 4.90 Å². The molecule has 0 aromatic heterocycles. The van der Waals surface area contributed by atoms with E-state index in [1.807, 2.05) is 6.92 Å². The molecule has 1 atom stereocenters. The molecule has 4 heteroatoms. The second kappa shape index (κ2) is 6.86. The lowest BCUT2D eigenvalue weighted by molar-refractivity contribution is -0.130. The summed E-state index contributed by atoms with van der Waals surface area (Å²) in [5.74, 6) is -0.0263. The predicted octanol–water partition coefficient (Wildman–Crippen LogP) is -0.0118. The minimum atomic E-state index is -0.383. The highest BCUT2D eigenvalue weighted by Crippen LogP contribution is 2.02. The molecule has 4 nitrogen and oxygen atoms in total. The summed E-state index contributed by atoms with van der Waals surface area (Å²) in [7, 11) is 1.65. The lowest BCUT2D eigenvalue weighted by Gasteiger charge is -2.16. The maximum Gasteiger partial charge on any atom is 0.222 e. The van der Waals surface area contributed by atoms with Crippen molar-refractivity contribution in [2.45, 2.75) is 32.3 Å². The molecule has 0 aromatic rings. The van der Waals surface area contributed by atoms with Crippen molar-refractivity contribution < 1.29 is 15.0 Å². The van der Waals surface area contributed by atoms with Crippen LogP contribution < -0.4 is 0 Å². The number of nitrogens with zero attached hydrogens (tertiary/aromatic N) is 1. The van der Waals surface area contributed by atoms with E-state index in [1.54, 1.807) is 7.05 Å². The number of likely N-dealkylation sites (N-methyl/N-ethyl adjacent to an activating group) is 1. The fraction of sp³-hybridized carbons (Fsp3) is 0.889.